The summed E-state index contributed by atoms with van der Waals surface area (Å²) in [6.45, 7) is 5.03. The van der Waals surface area contributed by atoms with Crippen molar-refractivity contribution < 1.29 is 4.74 Å². The number of hydrogen-bond donors (Lipinski definition) is 1. The van der Waals surface area contributed by atoms with Gasteiger partial charge in [0.05, 0.1) is 6.61 Å². The number of hydrogen-bond acceptors (Lipinski definition) is 2. The summed E-state index contributed by atoms with van der Waals surface area (Å²) in [5.41, 5.74) is 8.79. The van der Waals surface area contributed by atoms with Gasteiger partial charge in [0.25, 0.3) is 0 Å². The molecule has 2 heteroatoms. The van der Waals surface area contributed by atoms with Crippen LogP contribution >= 0.6 is 0 Å². The van der Waals surface area contributed by atoms with Crippen LogP contribution < -0.4 is 10.5 Å². The van der Waals surface area contributed by atoms with Gasteiger partial charge in [-0.1, -0.05) is 56.3 Å². The first-order chi connectivity index (χ1) is 9.72. The maximum atomic E-state index is 6.38. The molecule has 0 radical (unpaired) electrons. The SMILES string of the molecule is CCCOc1ccc(C(N)C(C)c2ccccc2)cc1. The Morgan fingerprint density at radius 2 is 1.60 bits per heavy atom. The molecule has 0 saturated heterocycles. The van der Waals surface area contributed by atoms with Gasteiger partial charge in [0.2, 0.25) is 0 Å². The summed E-state index contributed by atoms with van der Waals surface area (Å²) >= 11 is 0. The first-order valence-corrected chi connectivity index (χ1v) is 7.25. The summed E-state index contributed by atoms with van der Waals surface area (Å²) in [4.78, 5) is 0. The van der Waals surface area contributed by atoms with Crippen LogP contribution in [0.5, 0.6) is 5.75 Å². The molecule has 0 fully saturated rings. The Hall–Kier alpha value is -1.80. The van der Waals surface area contributed by atoms with Gasteiger partial charge in [0.1, 0.15) is 5.75 Å². The Kier molecular flexibility index (Phi) is 5.19. The van der Waals surface area contributed by atoms with Crippen LogP contribution in [0.3, 0.4) is 0 Å². The maximum absolute atomic E-state index is 6.38. The van der Waals surface area contributed by atoms with E-state index in [4.69, 9.17) is 10.5 Å². The molecular formula is C18H23NO. The zero-order valence-electron chi connectivity index (χ0n) is 12.3. The quantitative estimate of drug-likeness (QED) is 0.849. The van der Waals surface area contributed by atoms with Gasteiger partial charge >= 0.3 is 0 Å². The van der Waals surface area contributed by atoms with Gasteiger partial charge in [-0.2, -0.15) is 0 Å². The van der Waals surface area contributed by atoms with Crippen molar-refractivity contribution in [3.63, 3.8) is 0 Å². The molecule has 0 aliphatic rings. The standard InChI is InChI=1S/C18H23NO/c1-3-13-20-17-11-9-16(10-12-17)18(19)14(2)15-7-5-4-6-8-15/h4-12,14,18H,3,13,19H2,1-2H3. The Balaban J connectivity index is 2.07. The van der Waals surface area contributed by atoms with Crippen molar-refractivity contribution in [2.24, 2.45) is 5.73 Å². The average Bonchev–Trinajstić information content (AvgIpc) is 2.53. The van der Waals surface area contributed by atoms with Gasteiger partial charge in [-0.25, -0.2) is 0 Å². The zero-order valence-corrected chi connectivity index (χ0v) is 12.3. The molecule has 2 atom stereocenters. The van der Waals surface area contributed by atoms with Crippen molar-refractivity contribution in [1.82, 2.24) is 0 Å². The molecule has 0 heterocycles. The van der Waals surface area contributed by atoms with Gasteiger partial charge in [0.15, 0.2) is 0 Å². The summed E-state index contributed by atoms with van der Waals surface area (Å²) in [7, 11) is 0. The summed E-state index contributed by atoms with van der Waals surface area (Å²) in [5.74, 6) is 1.20. The number of rotatable bonds is 6. The van der Waals surface area contributed by atoms with Crippen LogP contribution in [0.25, 0.3) is 0 Å². The normalized spacial score (nSPS) is 13.8. The minimum absolute atomic E-state index is 0.00220. The van der Waals surface area contributed by atoms with E-state index < -0.39 is 0 Å². The molecule has 0 amide bonds. The molecule has 0 saturated carbocycles. The monoisotopic (exact) mass is 269 g/mol. The molecule has 0 spiro atoms. The molecule has 2 aromatic rings. The van der Waals surface area contributed by atoms with Crippen molar-refractivity contribution in [3.8, 4) is 5.75 Å². The summed E-state index contributed by atoms with van der Waals surface area (Å²) in [5, 5.41) is 0. The van der Waals surface area contributed by atoms with E-state index in [-0.39, 0.29) is 6.04 Å². The lowest BCUT2D eigenvalue weighted by Gasteiger charge is -2.21. The molecule has 0 aliphatic heterocycles. The van der Waals surface area contributed by atoms with Crippen LogP contribution in [0.4, 0.5) is 0 Å². The van der Waals surface area contributed by atoms with E-state index in [9.17, 15) is 0 Å². The van der Waals surface area contributed by atoms with Crippen LogP contribution in [0.2, 0.25) is 0 Å². The van der Waals surface area contributed by atoms with E-state index in [1.165, 1.54) is 5.56 Å². The smallest absolute Gasteiger partial charge is 0.119 e. The lowest BCUT2D eigenvalue weighted by Crippen LogP contribution is -2.17. The molecule has 2 nitrogen and oxygen atoms in total. The lowest BCUT2D eigenvalue weighted by atomic mass is 9.89. The Morgan fingerprint density at radius 3 is 2.20 bits per heavy atom. The van der Waals surface area contributed by atoms with Gasteiger partial charge in [-0.05, 0) is 29.7 Å². The van der Waals surface area contributed by atoms with Gasteiger partial charge in [0, 0.05) is 12.0 Å². The fourth-order valence-corrected chi connectivity index (χ4v) is 2.26. The van der Waals surface area contributed by atoms with Crippen LogP contribution in [0.15, 0.2) is 54.6 Å². The average molecular weight is 269 g/mol. The Morgan fingerprint density at radius 1 is 0.950 bits per heavy atom. The second kappa shape index (κ2) is 7.11. The largest absolute Gasteiger partial charge is 0.494 e. The highest BCUT2D eigenvalue weighted by molar-refractivity contribution is 5.32. The fraction of sp³-hybridized carbons (Fsp3) is 0.333. The van der Waals surface area contributed by atoms with Crippen molar-refractivity contribution >= 4 is 0 Å². The number of nitrogens with two attached hydrogens (primary N) is 1. The third kappa shape index (κ3) is 3.61. The van der Waals surface area contributed by atoms with Crippen molar-refractivity contribution in [2.45, 2.75) is 32.2 Å². The highest BCUT2D eigenvalue weighted by atomic mass is 16.5. The van der Waals surface area contributed by atoms with Gasteiger partial charge < -0.3 is 10.5 Å². The molecule has 2 N–H and O–H groups in total. The predicted molar refractivity (Wildman–Crippen MR) is 84.0 cm³/mol. The maximum Gasteiger partial charge on any atom is 0.119 e. The second-order valence-electron chi connectivity index (χ2n) is 5.14. The molecule has 2 rings (SSSR count). The van der Waals surface area contributed by atoms with E-state index in [0.717, 1.165) is 24.3 Å². The minimum Gasteiger partial charge on any atom is -0.494 e. The van der Waals surface area contributed by atoms with Crippen LogP contribution in [0, 0.1) is 0 Å². The molecule has 0 bridgehead atoms. The van der Waals surface area contributed by atoms with Crippen molar-refractivity contribution in [3.05, 3.63) is 65.7 Å². The molecule has 106 valence electrons. The Labute approximate surface area is 121 Å². The van der Waals surface area contributed by atoms with Crippen LogP contribution in [0.1, 0.15) is 43.4 Å². The van der Waals surface area contributed by atoms with E-state index >= 15 is 0 Å². The molecule has 2 unspecified atom stereocenters. The second-order valence-corrected chi connectivity index (χ2v) is 5.14. The number of benzene rings is 2. The first kappa shape index (κ1) is 14.6. The molecular weight excluding hydrogens is 246 g/mol. The van der Waals surface area contributed by atoms with E-state index in [1.54, 1.807) is 0 Å². The third-order valence-electron chi connectivity index (χ3n) is 3.60. The van der Waals surface area contributed by atoms with Crippen molar-refractivity contribution in [1.29, 1.82) is 0 Å². The van der Waals surface area contributed by atoms with Gasteiger partial charge in [-0.3, -0.25) is 0 Å². The third-order valence-corrected chi connectivity index (χ3v) is 3.60. The van der Waals surface area contributed by atoms with E-state index in [2.05, 4.69) is 50.2 Å². The Bertz CT molecular complexity index is 507. The fourth-order valence-electron chi connectivity index (χ4n) is 2.26. The molecule has 0 aliphatic carbocycles. The predicted octanol–water partition coefficient (Wildman–Crippen LogP) is 4.28. The van der Waals surface area contributed by atoms with E-state index in [1.807, 2.05) is 18.2 Å². The van der Waals surface area contributed by atoms with Crippen LogP contribution in [-0.4, -0.2) is 6.61 Å². The summed E-state index contributed by atoms with van der Waals surface area (Å²) in [6, 6.07) is 18.5. The molecule has 2 aromatic carbocycles. The van der Waals surface area contributed by atoms with Gasteiger partial charge in [-0.15, -0.1) is 0 Å². The highest BCUT2D eigenvalue weighted by Crippen LogP contribution is 2.29. The van der Waals surface area contributed by atoms with Crippen LogP contribution in [-0.2, 0) is 0 Å². The van der Waals surface area contributed by atoms with E-state index in [0.29, 0.717) is 5.92 Å². The lowest BCUT2D eigenvalue weighted by molar-refractivity contribution is 0.317. The summed E-state index contributed by atoms with van der Waals surface area (Å²) in [6.07, 6.45) is 1.02. The topological polar surface area (TPSA) is 35.2 Å². The highest BCUT2D eigenvalue weighted by Gasteiger charge is 2.16. The molecule has 20 heavy (non-hydrogen) atoms. The zero-order chi connectivity index (χ0) is 14.4. The number of ether oxygens (including phenoxy) is 1. The molecule has 0 aromatic heterocycles. The van der Waals surface area contributed by atoms with Crippen molar-refractivity contribution in [2.75, 3.05) is 6.61 Å². The summed E-state index contributed by atoms with van der Waals surface area (Å²) < 4.78 is 5.59. The minimum atomic E-state index is -0.00220. The first-order valence-electron chi connectivity index (χ1n) is 7.25.